The van der Waals surface area contributed by atoms with Crippen LogP contribution >= 0.6 is 0 Å². The minimum absolute atomic E-state index is 0.00811. The van der Waals surface area contributed by atoms with Crippen LogP contribution in [0.15, 0.2) is 12.2 Å². The van der Waals surface area contributed by atoms with Gasteiger partial charge in [-0.3, -0.25) is 9.59 Å². The molecule has 0 bridgehead atoms. The number of hydrogen-bond acceptors (Lipinski definition) is 5. The maximum Gasteiger partial charge on any atom is 0.305 e. The van der Waals surface area contributed by atoms with E-state index < -0.39 is 12.1 Å². The number of unbranched alkanes of at least 4 members (excludes halogenated alkanes) is 42. The van der Waals surface area contributed by atoms with E-state index in [-0.39, 0.29) is 18.5 Å². The molecular formula is C59H115NO5. The van der Waals surface area contributed by atoms with Gasteiger partial charge in [-0.05, 0) is 51.4 Å². The summed E-state index contributed by atoms with van der Waals surface area (Å²) in [5.41, 5.74) is 0. The molecule has 6 heteroatoms. The fourth-order valence-electron chi connectivity index (χ4n) is 9.28. The Kier molecular flexibility index (Phi) is 54.0. The Bertz CT molecular complexity index is 970. The Hall–Kier alpha value is -1.40. The highest BCUT2D eigenvalue weighted by Gasteiger charge is 2.20. The molecule has 0 aromatic rings. The molecule has 3 N–H and O–H groups in total. The van der Waals surface area contributed by atoms with Crippen molar-refractivity contribution in [2.75, 3.05) is 13.2 Å². The summed E-state index contributed by atoms with van der Waals surface area (Å²) in [7, 11) is 0. The van der Waals surface area contributed by atoms with Crippen LogP contribution in [0, 0.1) is 0 Å². The molecule has 0 heterocycles. The molecule has 2 atom stereocenters. The molecule has 386 valence electrons. The first-order valence-electron chi connectivity index (χ1n) is 29.4. The van der Waals surface area contributed by atoms with E-state index in [1.54, 1.807) is 0 Å². The Morgan fingerprint density at radius 1 is 0.415 bits per heavy atom. The average molecular weight is 919 g/mol. The minimum Gasteiger partial charge on any atom is -0.466 e. The number of ether oxygens (including phenoxy) is 1. The third-order valence-electron chi connectivity index (χ3n) is 13.8. The smallest absolute Gasteiger partial charge is 0.305 e. The van der Waals surface area contributed by atoms with Gasteiger partial charge in [0.25, 0.3) is 0 Å². The van der Waals surface area contributed by atoms with Crippen LogP contribution < -0.4 is 5.32 Å². The van der Waals surface area contributed by atoms with E-state index in [0.717, 1.165) is 44.9 Å². The molecule has 6 nitrogen and oxygen atoms in total. The number of allylic oxidation sites excluding steroid dienone is 2. The molecule has 65 heavy (non-hydrogen) atoms. The molecule has 0 rings (SSSR count). The predicted octanol–water partition coefficient (Wildman–Crippen LogP) is 18.1. The van der Waals surface area contributed by atoms with Gasteiger partial charge in [-0.15, -0.1) is 0 Å². The van der Waals surface area contributed by atoms with Crippen LogP contribution in [0.2, 0.25) is 0 Å². The van der Waals surface area contributed by atoms with Gasteiger partial charge in [-0.25, -0.2) is 0 Å². The molecule has 0 aliphatic heterocycles. The highest BCUT2D eigenvalue weighted by molar-refractivity contribution is 5.76. The monoisotopic (exact) mass is 918 g/mol. The number of hydrogen-bond donors (Lipinski definition) is 3. The summed E-state index contributed by atoms with van der Waals surface area (Å²) in [4.78, 5) is 24.5. The Morgan fingerprint density at radius 2 is 0.723 bits per heavy atom. The first kappa shape index (κ1) is 63.6. The van der Waals surface area contributed by atoms with E-state index in [0.29, 0.717) is 25.9 Å². The average Bonchev–Trinajstić information content (AvgIpc) is 3.31. The van der Waals surface area contributed by atoms with Gasteiger partial charge in [0.05, 0.1) is 25.4 Å². The van der Waals surface area contributed by atoms with E-state index in [1.807, 2.05) is 0 Å². The Balaban J connectivity index is 3.35. The molecule has 0 aromatic carbocycles. The van der Waals surface area contributed by atoms with E-state index in [4.69, 9.17) is 4.74 Å². The summed E-state index contributed by atoms with van der Waals surface area (Å²) in [6.07, 6.45) is 65.0. The van der Waals surface area contributed by atoms with Gasteiger partial charge in [-0.2, -0.15) is 0 Å². The SMILES string of the molecule is CCCCCCCCC/C=C\CCCCCCCCCC(=O)OCCCCCCCCCCCCCCCCCCCCCCC(=O)NC(CO)C(O)CCCCCCCCCCCC. The van der Waals surface area contributed by atoms with Crippen molar-refractivity contribution in [3.8, 4) is 0 Å². The van der Waals surface area contributed by atoms with Gasteiger partial charge >= 0.3 is 5.97 Å². The number of aliphatic hydroxyl groups is 2. The lowest BCUT2D eigenvalue weighted by Crippen LogP contribution is -2.45. The maximum absolute atomic E-state index is 12.4. The van der Waals surface area contributed by atoms with Crippen LogP contribution in [0.3, 0.4) is 0 Å². The van der Waals surface area contributed by atoms with Crippen molar-refractivity contribution in [2.24, 2.45) is 0 Å². The number of rotatable bonds is 55. The second-order valence-electron chi connectivity index (χ2n) is 20.3. The number of nitrogens with one attached hydrogen (secondary N) is 1. The van der Waals surface area contributed by atoms with Crippen molar-refractivity contribution in [3.05, 3.63) is 12.2 Å². The topological polar surface area (TPSA) is 95.9 Å². The third kappa shape index (κ3) is 51.8. The molecule has 0 radical (unpaired) electrons. The zero-order valence-electron chi connectivity index (χ0n) is 44.0. The maximum atomic E-state index is 12.4. The molecule has 0 fully saturated rings. The highest BCUT2D eigenvalue weighted by atomic mass is 16.5. The van der Waals surface area contributed by atoms with Crippen molar-refractivity contribution in [1.82, 2.24) is 5.32 Å². The predicted molar refractivity (Wildman–Crippen MR) is 283 cm³/mol. The lowest BCUT2D eigenvalue weighted by Gasteiger charge is -2.22. The summed E-state index contributed by atoms with van der Waals surface area (Å²) in [5, 5.41) is 23.1. The summed E-state index contributed by atoms with van der Waals surface area (Å²) in [6.45, 7) is 4.95. The van der Waals surface area contributed by atoms with Crippen molar-refractivity contribution in [3.63, 3.8) is 0 Å². The lowest BCUT2D eigenvalue weighted by atomic mass is 10.0. The van der Waals surface area contributed by atoms with Crippen LogP contribution in [-0.2, 0) is 14.3 Å². The fourth-order valence-corrected chi connectivity index (χ4v) is 9.28. The van der Waals surface area contributed by atoms with E-state index in [9.17, 15) is 19.8 Å². The zero-order chi connectivity index (χ0) is 47.2. The normalized spacial score (nSPS) is 12.6. The molecule has 0 saturated carbocycles. The molecular weight excluding hydrogens is 803 g/mol. The van der Waals surface area contributed by atoms with E-state index in [2.05, 4.69) is 31.3 Å². The van der Waals surface area contributed by atoms with Crippen molar-refractivity contribution in [1.29, 1.82) is 0 Å². The van der Waals surface area contributed by atoms with Gasteiger partial charge in [0.1, 0.15) is 0 Å². The van der Waals surface area contributed by atoms with Gasteiger partial charge in [0.2, 0.25) is 5.91 Å². The van der Waals surface area contributed by atoms with E-state index in [1.165, 1.54) is 250 Å². The number of aliphatic hydroxyl groups excluding tert-OH is 2. The number of carbonyl (C=O) groups is 2. The molecule has 0 saturated heterocycles. The van der Waals surface area contributed by atoms with Crippen LogP contribution in [0.5, 0.6) is 0 Å². The van der Waals surface area contributed by atoms with Crippen molar-refractivity contribution >= 4 is 11.9 Å². The summed E-state index contributed by atoms with van der Waals surface area (Å²) in [5.74, 6) is -0.0293. The standard InChI is InChI=1S/C59H115NO5/c1-3-5-7-9-11-13-15-16-17-18-24-27-30-33-37-41-45-49-53-59(64)65-54-50-46-42-38-34-31-28-25-22-20-19-21-23-26-29-32-36-40-44-48-52-58(63)60-56(55-61)57(62)51-47-43-39-35-14-12-10-8-6-4-2/h17-18,56-57,61-62H,3-16,19-55H2,1-2H3,(H,60,63)/b18-17-. The Morgan fingerprint density at radius 3 is 1.09 bits per heavy atom. The van der Waals surface area contributed by atoms with Gasteiger partial charge < -0.3 is 20.3 Å². The van der Waals surface area contributed by atoms with Crippen LogP contribution in [-0.4, -0.2) is 47.4 Å². The van der Waals surface area contributed by atoms with Crippen molar-refractivity contribution < 1.29 is 24.5 Å². The molecule has 0 aliphatic carbocycles. The Labute approximate surface area is 406 Å². The number of amides is 1. The summed E-state index contributed by atoms with van der Waals surface area (Å²) >= 11 is 0. The van der Waals surface area contributed by atoms with Crippen LogP contribution in [0.25, 0.3) is 0 Å². The van der Waals surface area contributed by atoms with Gasteiger partial charge in [-0.1, -0.05) is 276 Å². The fraction of sp³-hybridized carbons (Fsp3) is 0.932. The first-order chi connectivity index (χ1) is 32.0. The van der Waals surface area contributed by atoms with Gasteiger partial charge in [0, 0.05) is 12.8 Å². The lowest BCUT2D eigenvalue weighted by molar-refractivity contribution is -0.143. The third-order valence-corrected chi connectivity index (χ3v) is 13.8. The van der Waals surface area contributed by atoms with Crippen LogP contribution in [0.1, 0.15) is 328 Å². The minimum atomic E-state index is -0.663. The molecule has 0 aromatic heterocycles. The number of esters is 1. The largest absolute Gasteiger partial charge is 0.466 e. The summed E-state index contributed by atoms with van der Waals surface area (Å²) < 4.78 is 5.49. The highest BCUT2D eigenvalue weighted by Crippen LogP contribution is 2.17. The number of carbonyl (C=O) groups excluding carboxylic acids is 2. The quantitative estimate of drug-likeness (QED) is 0.0321. The summed E-state index contributed by atoms with van der Waals surface area (Å²) in [6, 6.07) is -0.540. The van der Waals surface area contributed by atoms with Crippen molar-refractivity contribution in [2.45, 2.75) is 341 Å². The zero-order valence-corrected chi connectivity index (χ0v) is 44.0. The molecule has 0 spiro atoms. The second-order valence-corrected chi connectivity index (χ2v) is 20.3. The van der Waals surface area contributed by atoms with Crippen LogP contribution in [0.4, 0.5) is 0 Å². The molecule has 2 unspecified atom stereocenters. The molecule has 0 aliphatic rings. The van der Waals surface area contributed by atoms with Gasteiger partial charge in [0.15, 0.2) is 0 Å². The first-order valence-corrected chi connectivity index (χ1v) is 29.4. The molecule has 1 amide bonds. The van der Waals surface area contributed by atoms with E-state index >= 15 is 0 Å². The second kappa shape index (κ2) is 55.2.